The minimum absolute atomic E-state index is 0.0498. The van der Waals surface area contributed by atoms with Gasteiger partial charge in [-0.25, -0.2) is 14.6 Å². The summed E-state index contributed by atoms with van der Waals surface area (Å²) in [6, 6.07) is 9.60. The Morgan fingerprint density at radius 2 is 2.00 bits per heavy atom. The highest BCUT2D eigenvalue weighted by Crippen LogP contribution is 2.19. The first-order valence-electron chi connectivity index (χ1n) is 5.78. The van der Waals surface area contributed by atoms with Gasteiger partial charge in [0.15, 0.2) is 11.6 Å². The first-order valence-corrected chi connectivity index (χ1v) is 5.78. The Bertz CT molecular complexity index is 632. The molecule has 6 heteroatoms. The summed E-state index contributed by atoms with van der Waals surface area (Å²) in [6.07, 6.45) is 0. The summed E-state index contributed by atoms with van der Waals surface area (Å²) < 4.78 is 31.4. The molecule has 0 bridgehead atoms. The first kappa shape index (κ1) is 14.0. The normalized spacial score (nSPS) is 10.2. The van der Waals surface area contributed by atoms with Crippen molar-refractivity contribution in [2.45, 2.75) is 6.61 Å². The Labute approximate surface area is 114 Å². The van der Waals surface area contributed by atoms with Gasteiger partial charge in [-0.2, -0.15) is 0 Å². The van der Waals surface area contributed by atoms with E-state index >= 15 is 0 Å². The van der Waals surface area contributed by atoms with Crippen molar-refractivity contribution in [3.05, 3.63) is 65.2 Å². The van der Waals surface area contributed by atoms with Crippen LogP contribution >= 0.6 is 0 Å². The number of nitrogens with one attached hydrogen (secondary N) is 1. The van der Waals surface area contributed by atoms with E-state index in [1.807, 2.05) is 5.43 Å². The number of ether oxygens (including phenoxy) is 1. The second-order valence-electron chi connectivity index (χ2n) is 4.04. The fourth-order valence-electron chi connectivity index (χ4n) is 1.64. The van der Waals surface area contributed by atoms with Crippen LogP contribution in [0.25, 0.3) is 0 Å². The Kier molecular flexibility index (Phi) is 4.27. The molecule has 0 radical (unpaired) electrons. The molecule has 0 atom stereocenters. The molecule has 0 saturated carbocycles. The number of benzene rings is 2. The quantitative estimate of drug-likeness (QED) is 0.511. The molecule has 20 heavy (non-hydrogen) atoms. The van der Waals surface area contributed by atoms with Crippen molar-refractivity contribution in [1.29, 1.82) is 0 Å². The van der Waals surface area contributed by atoms with Crippen LogP contribution in [0.15, 0.2) is 42.5 Å². The highest BCUT2D eigenvalue weighted by molar-refractivity contribution is 5.93. The van der Waals surface area contributed by atoms with Crippen LogP contribution < -0.4 is 16.0 Å². The number of nitrogens with two attached hydrogens (primary N) is 1. The van der Waals surface area contributed by atoms with Crippen LogP contribution in [0.4, 0.5) is 8.78 Å². The summed E-state index contributed by atoms with van der Waals surface area (Å²) in [5, 5.41) is 0. The van der Waals surface area contributed by atoms with Gasteiger partial charge < -0.3 is 4.74 Å². The van der Waals surface area contributed by atoms with E-state index in [4.69, 9.17) is 10.6 Å². The number of nitrogen functional groups attached to an aromatic ring is 1. The zero-order valence-electron chi connectivity index (χ0n) is 10.4. The third-order valence-corrected chi connectivity index (χ3v) is 2.61. The lowest BCUT2D eigenvalue weighted by molar-refractivity contribution is 0.0953. The maximum Gasteiger partial charge on any atom is 0.265 e. The minimum atomic E-state index is -0.777. The number of halogens is 2. The number of hydrogen-bond acceptors (Lipinski definition) is 3. The maximum atomic E-state index is 13.4. The average molecular weight is 278 g/mol. The topological polar surface area (TPSA) is 64.3 Å². The zero-order valence-corrected chi connectivity index (χ0v) is 10.4. The summed E-state index contributed by atoms with van der Waals surface area (Å²) in [6.45, 7) is 0.0498. The van der Waals surface area contributed by atoms with E-state index in [0.717, 1.165) is 12.1 Å². The van der Waals surface area contributed by atoms with Gasteiger partial charge in [0.25, 0.3) is 5.91 Å². The van der Waals surface area contributed by atoms with Crippen LogP contribution in [0, 0.1) is 11.6 Å². The maximum absolute atomic E-state index is 13.4. The van der Waals surface area contributed by atoms with Crippen LogP contribution in [-0.2, 0) is 6.61 Å². The highest BCUT2D eigenvalue weighted by Gasteiger charge is 2.07. The van der Waals surface area contributed by atoms with E-state index in [1.165, 1.54) is 6.07 Å². The Morgan fingerprint density at radius 3 is 2.70 bits per heavy atom. The highest BCUT2D eigenvalue weighted by atomic mass is 19.1. The van der Waals surface area contributed by atoms with E-state index < -0.39 is 17.5 Å². The number of hydrazine groups is 1. The van der Waals surface area contributed by atoms with Gasteiger partial charge in [0.2, 0.25) is 0 Å². The first-order chi connectivity index (χ1) is 9.60. The van der Waals surface area contributed by atoms with Crippen LogP contribution in [0.2, 0.25) is 0 Å². The van der Waals surface area contributed by atoms with Gasteiger partial charge >= 0.3 is 0 Å². The lowest BCUT2D eigenvalue weighted by atomic mass is 10.1. The largest absolute Gasteiger partial charge is 0.486 e. The van der Waals surface area contributed by atoms with Crippen molar-refractivity contribution in [2.24, 2.45) is 5.84 Å². The summed E-state index contributed by atoms with van der Waals surface area (Å²) >= 11 is 0. The van der Waals surface area contributed by atoms with Crippen molar-refractivity contribution in [2.75, 3.05) is 0 Å². The molecule has 2 rings (SSSR count). The van der Waals surface area contributed by atoms with Gasteiger partial charge in [-0.1, -0.05) is 12.1 Å². The number of hydrogen-bond donors (Lipinski definition) is 2. The zero-order chi connectivity index (χ0) is 14.5. The van der Waals surface area contributed by atoms with Gasteiger partial charge in [0.1, 0.15) is 12.4 Å². The fraction of sp³-hybridized carbons (Fsp3) is 0.0714. The molecule has 0 aromatic heterocycles. The number of amides is 1. The van der Waals surface area contributed by atoms with Crippen LogP contribution in [0.1, 0.15) is 15.9 Å². The molecule has 4 nitrogen and oxygen atoms in total. The lowest BCUT2D eigenvalue weighted by Gasteiger charge is -2.08. The average Bonchev–Trinajstić information content (AvgIpc) is 2.46. The molecule has 0 spiro atoms. The third kappa shape index (κ3) is 3.30. The standard InChI is InChI=1S/C14H12F2N2O2/c15-11-4-5-13(12(16)7-11)20-8-9-2-1-3-10(6-9)14(19)18-17/h1-7H,8,17H2,(H,18,19). The third-order valence-electron chi connectivity index (χ3n) is 2.61. The number of rotatable bonds is 4. The molecule has 1 amide bonds. The Balaban J connectivity index is 2.09. The second kappa shape index (κ2) is 6.12. The Morgan fingerprint density at radius 1 is 1.20 bits per heavy atom. The van der Waals surface area contributed by atoms with Crippen LogP contribution in [0.5, 0.6) is 5.75 Å². The van der Waals surface area contributed by atoms with Crippen molar-refractivity contribution in [3.8, 4) is 5.75 Å². The van der Waals surface area contributed by atoms with E-state index in [1.54, 1.807) is 24.3 Å². The number of carbonyl (C=O) groups is 1. The van der Waals surface area contributed by atoms with Gasteiger partial charge in [-0.05, 0) is 29.8 Å². The van der Waals surface area contributed by atoms with Gasteiger partial charge in [-0.3, -0.25) is 10.2 Å². The summed E-state index contributed by atoms with van der Waals surface area (Å²) in [7, 11) is 0. The Hall–Kier alpha value is -2.47. The van der Waals surface area contributed by atoms with Crippen molar-refractivity contribution >= 4 is 5.91 Å². The van der Waals surface area contributed by atoms with Crippen LogP contribution in [0.3, 0.4) is 0 Å². The van der Waals surface area contributed by atoms with Crippen molar-refractivity contribution in [3.63, 3.8) is 0 Å². The van der Waals surface area contributed by atoms with Gasteiger partial charge in [-0.15, -0.1) is 0 Å². The molecular formula is C14H12F2N2O2. The van der Waals surface area contributed by atoms with Crippen LogP contribution in [-0.4, -0.2) is 5.91 Å². The number of carbonyl (C=O) groups excluding carboxylic acids is 1. The molecule has 0 saturated heterocycles. The van der Waals surface area contributed by atoms with E-state index in [-0.39, 0.29) is 12.4 Å². The van der Waals surface area contributed by atoms with Crippen molar-refractivity contribution in [1.82, 2.24) is 5.43 Å². The molecule has 0 unspecified atom stereocenters. The molecule has 0 aliphatic carbocycles. The summed E-state index contributed by atoms with van der Waals surface area (Å²) in [4.78, 5) is 11.4. The van der Waals surface area contributed by atoms with Crippen molar-refractivity contribution < 1.29 is 18.3 Å². The molecule has 2 aromatic carbocycles. The predicted molar refractivity (Wildman–Crippen MR) is 68.8 cm³/mol. The molecule has 0 heterocycles. The van der Waals surface area contributed by atoms with E-state index in [0.29, 0.717) is 11.1 Å². The van der Waals surface area contributed by atoms with E-state index in [9.17, 15) is 13.6 Å². The van der Waals surface area contributed by atoms with Gasteiger partial charge in [0.05, 0.1) is 0 Å². The monoisotopic (exact) mass is 278 g/mol. The molecule has 104 valence electrons. The minimum Gasteiger partial charge on any atom is -0.486 e. The fourth-order valence-corrected chi connectivity index (χ4v) is 1.64. The lowest BCUT2D eigenvalue weighted by Crippen LogP contribution is -2.30. The molecule has 0 aliphatic heterocycles. The molecule has 3 N–H and O–H groups in total. The van der Waals surface area contributed by atoms with Gasteiger partial charge in [0, 0.05) is 11.6 Å². The smallest absolute Gasteiger partial charge is 0.265 e. The molecular weight excluding hydrogens is 266 g/mol. The summed E-state index contributed by atoms with van der Waals surface area (Å²) in [5.41, 5.74) is 3.05. The predicted octanol–water partition coefficient (Wildman–Crippen LogP) is 2.15. The molecule has 0 fully saturated rings. The summed E-state index contributed by atoms with van der Waals surface area (Å²) in [5.74, 6) is 3.10. The van der Waals surface area contributed by atoms with E-state index in [2.05, 4.69) is 0 Å². The molecule has 0 aliphatic rings. The molecule has 2 aromatic rings. The SMILES string of the molecule is NNC(=O)c1cccc(COc2ccc(F)cc2F)c1. The second-order valence-corrected chi connectivity index (χ2v) is 4.04.